The van der Waals surface area contributed by atoms with E-state index in [9.17, 15) is 0 Å². The molecule has 0 fully saturated rings. The predicted molar refractivity (Wildman–Crippen MR) is 71.2 cm³/mol. The van der Waals surface area contributed by atoms with Gasteiger partial charge in [0.15, 0.2) is 5.16 Å². The molecule has 5 heteroatoms. The second kappa shape index (κ2) is 6.93. The zero-order valence-electron chi connectivity index (χ0n) is 11.0. The molecular weight excluding hydrogens is 234 g/mol. The lowest BCUT2D eigenvalue weighted by molar-refractivity contribution is 0.199. The van der Waals surface area contributed by atoms with Gasteiger partial charge >= 0.3 is 0 Å². The minimum atomic E-state index is 0.151. The SMILES string of the molecule is COCCNCc1cnc(SC(C)(C)C)nc1. The van der Waals surface area contributed by atoms with Crippen molar-refractivity contribution in [1.29, 1.82) is 0 Å². The van der Waals surface area contributed by atoms with Gasteiger partial charge in [0, 0.05) is 42.9 Å². The van der Waals surface area contributed by atoms with Crippen molar-refractivity contribution in [2.45, 2.75) is 37.2 Å². The van der Waals surface area contributed by atoms with Crippen molar-refractivity contribution in [2.75, 3.05) is 20.3 Å². The Balaban J connectivity index is 2.39. The molecule has 96 valence electrons. The van der Waals surface area contributed by atoms with Gasteiger partial charge < -0.3 is 10.1 Å². The zero-order valence-corrected chi connectivity index (χ0v) is 11.8. The van der Waals surface area contributed by atoms with Gasteiger partial charge in [-0.25, -0.2) is 9.97 Å². The maximum absolute atomic E-state index is 4.96. The summed E-state index contributed by atoms with van der Waals surface area (Å²) in [6, 6.07) is 0. The molecule has 1 rings (SSSR count). The number of hydrogen-bond donors (Lipinski definition) is 1. The number of nitrogens with zero attached hydrogens (tertiary/aromatic N) is 2. The number of thioether (sulfide) groups is 1. The molecule has 0 amide bonds. The quantitative estimate of drug-likeness (QED) is 0.479. The molecule has 0 aromatic carbocycles. The Kier molecular flexibility index (Phi) is 5.88. The summed E-state index contributed by atoms with van der Waals surface area (Å²) in [5.74, 6) is 0. The fourth-order valence-corrected chi connectivity index (χ4v) is 1.93. The first-order chi connectivity index (χ1) is 8.01. The highest BCUT2D eigenvalue weighted by Gasteiger charge is 2.13. The molecule has 1 aromatic rings. The van der Waals surface area contributed by atoms with E-state index in [0.717, 1.165) is 30.4 Å². The van der Waals surface area contributed by atoms with Crippen LogP contribution < -0.4 is 5.32 Å². The standard InChI is InChI=1S/C12H21N3OS/c1-12(2,3)17-11-14-8-10(9-15-11)7-13-5-6-16-4/h8-9,13H,5-7H2,1-4H3. The molecule has 0 saturated carbocycles. The van der Waals surface area contributed by atoms with Gasteiger partial charge in [-0.1, -0.05) is 32.5 Å². The third-order valence-electron chi connectivity index (χ3n) is 1.89. The second-order valence-corrected chi connectivity index (χ2v) is 6.55. The van der Waals surface area contributed by atoms with Gasteiger partial charge in [0.2, 0.25) is 0 Å². The van der Waals surface area contributed by atoms with E-state index in [1.807, 2.05) is 12.4 Å². The molecule has 0 radical (unpaired) electrons. The molecule has 0 aliphatic rings. The average Bonchev–Trinajstić information content (AvgIpc) is 2.25. The summed E-state index contributed by atoms with van der Waals surface area (Å²) >= 11 is 1.68. The molecule has 1 aromatic heterocycles. The summed E-state index contributed by atoms with van der Waals surface area (Å²) in [6.45, 7) is 8.81. The van der Waals surface area contributed by atoms with Gasteiger partial charge in [0.1, 0.15) is 0 Å². The lowest BCUT2D eigenvalue weighted by Gasteiger charge is -2.15. The van der Waals surface area contributed by atoms with Crippen LogP contribution in [0.4, 0.5) is 0 Å². The van der Waals surface area contributed by atoms with Crippen molar-refractivity contribution in [3.05, 3.63) is 18.0 Å². The van der Waals surface area contributed by atoms with Gasteiger partial charge in [-0.15, -0.1) is 0 Å². The lowest BCUT2D eigenvalue weighted by atomic mass is 10.3. The minimum absolute atomic E-state index is 0.151. The first-order valence-electron chi connectivity index (χ1n) is 5.71. The van der Waals surface area contributed by atoms with Crippen molar-refractivity contribution in [3.63, 3.8) is 0 Å². The molecule has 17 heavy (non-hydrogen) atoms. The maximum atomic E-state index is 4.96. The Morgan fingerprint density at radius 3 is 2.47 bits per heavy atom. The van der Waals surface area contributed by atoms with Gasteiger partial charge in [0.05, 0.1) is 6.61 Å². The van der Waals surface area contributed by atoms with Crippen molar-refractivity contribution < 1.29 is 4.74 Å². The topological polar surface area (TPSA) is 47.0 Å². The van der Waals surface area contributed by atoms with Crippen molar-refractivity contribution in [1.82, 2.24) is 15.3 Å². The Morgan fingerprint density at radius 1 is 1.29 bits per heavy atom. The van der Waals surface area contributed by atoms with Crippen LogP contribution in [-0.4, -0.2) is 35.0 Å². The summed E-state index contributed by atoms with van der Waals surface area (Å²) in [7, 11) is 1.70. The van der Waals surface area contributed by atoms with E-state index in [4.69, 9.17) is 4.74 Å². The van der Waals surface area contributed by atoms with Gasteiger partial charge in [0.25, 0.3) is 0 Å². The molecule has 0 saturated heterocycles. The van der Waals surface area contributed by atoms with Crippen molar-refractivity contribution in [3.8, 4) is 0 Å². The van der Waals surface area contributed by atoms with Gasteiger partial charge in [-0.05, 0) is 0 Å². The molecule has 0 spiro atoms. The van der Waals surface area contributed by atoms with E-state index in [0.29, 0.717) is 0 Å². The fraction of sp³-hybridized carbons (Fsp3) is 0.667. The van der Waals surface area contributed by atoms with Crippen LogP contribution in [0.1, 0.15) is 26.3 Å². The van der Waals surface area contributed by atoms with E-state index in [1.165, 1.54) is 0 Å². The molecule has 4 nitrogen and oxygen atoms in total. The lowest BCUT2D eigenvalue weighted by Crippen LogP contribution is -2.18. The van der Waals surface area contributed by atoms with E-state index in [-0.39, 0.29) is 4.75 Å². The van der Waals surface area contributed by atoms with Crippen LogP contribution in [0.25, 0.3) is 0 Å². The first-order valence-corrected chi connectivity index (χ1v) is 6.52. The van der Waals surface area contributed by atoms with E-state index in [1.54, 1.807) is 18.9 Å². The number of hydrogen-bond acceptors (Lipinski definition) is 5. The predicted octanol–water partition coefficient (Wildman–Crippen LogP) is 2.10. The molecule has 1 heterocycles. The van der Waals surface area contributed by atoms with Crippen LogP contribution in [0.15, 0.2) is 17.6 Å². The summed E-state index contributed by atoms with van der Waals surface area (Å²) in [6.07, 6.45) is 3.75. The largest absolute Gasteiger partial charge is 0.383 e. The molecule has 1 N–H and O–H groups in total. The van der Waals surface area contributed by atoms with Gasteiger partial charge in [-0.3, -0.25) is 0 Å². The highest BCUT2D eigenvalue weighted by atomic mass is 32.2. The first kappa shape index (κ1) is 14.4. The Morgan fingerprint density at radius 2 is 1.94 bits per heavy atom. The average molecular weight is 255 g/mol. The van der Waals surface area contributed by atoms with E-state index < -0.39 is 0 Å². The maximum Gasteiger partial charge on any atom is 0.187 e. The number of nitrogens with one attached hydrogen (secondary N) is 1. The number of rotatable bonds is 6. The zero-order chi connectivity index (χ0) is 12.7. The van der Waals surface area contributed by atoms with Crippen LogP contribution in [-0.2, 0) is 11.3 Å². The summed E-state index contributed by atoms with van der Waals surface area (Å²) in [5.41, 5.74) is 1.10. The van der Waals surface area contributed by atoms with Gasteiger partial charge in [-0.2, -0.15) is 0 Å². The molecule has 0 atom stereocenters. The Labute approximate surface area is 108 Å². The third kappa shape index (κ3) is 6.61. The van der Waals surface area contributed by atoms with Crippen LogP contribution >= 0.6 is 11.8 Å². The smallest absolute Gasteiger partial charge is 0.187 e. The highest BCUT2D eigenvalue weighted by molar-refractivity contribution is 8.00. The van der Waals surface area contributed by atoms with E-state index >= 15 is 0 Å². The molecule has 0 aliphatic heterocycles. The third-order valence-corrected chi connectivity index (χ3v) is 2.90. The number of methoxy groups -OCH3 is 1. The fourth-order valence-electron chi connectivity index (χ4n) is 1.17. The number of ether oxygens (including phenoxy) is 1. The Hall–Kier alpha value is -0.650. The Bertz CT molecular complexity index is 322. The molecular formula is C12H21N3OS. The highest BCUT2D eigenvalue weighted by Crippen LogP contribution is 2.28. The van der Waals surface area contributed by atoms with Crippen LogP contribution in [0.3, 0.4) is 0 Å². The molecule has 0 bridgehead atoms. The van der Waals surface area contributed by atoms with Crippen LogP contribution in [0, 0.1) is 0 Å². The van der Waals surface area contributed by atoms with Crippen molar-refractivity contribution in [2.24, 2.45) is 0 Å². The van der Waals surface area contributed by atoms with Crippen LogP contribution in [0.2, 0.25) is 0 Å². The second-order valence-electron chi connectivity index (χ2n) is 4.76. The summed E-state index contributed by atoms with van der Waals surface area (Å²) in [4.78, 5) is 8.69. The van der Waals surface area contributed by atoms with Crippen LogP contribution in [0.5, 0.6) is 0 Å². The minimum Gasteiger partial charge on any atom is -0.383 e. The van der Waals surface area contributed by atoms with E-state index in [2.05, 4.69) is 36.1 Å². The summed E-state index contributed by atoms with van der Waals surface area (Å²) in [5, 5.41) is 4.09. The number of aromatic nitrogens is 2. The molecule has 0 aliphatic carbocycles. The monoisotopic (exact) mass is 255 g/mol. The normalized spacial score (nSPS) is 11.8. The van der Waals surface area contributed by atoms with Crippen molar-refractivity contribution >= 4 is 11.8 Å². The molecule has 0 unspecified atom stereocenters. The summed E-state index contributed by atoms with van der Waals surface area (Å²) < 4.78 is 5.11.